The second kappa shape index (κ2) is 6.79. The van der Waals surface area contributed by atoms with Gasteiger partial charge in [-0.2, -0.15) is 4.31 Å². The molecule has 0 aliphatic carbocycles. The smallest absolute Gasteiger partial charge is 0.211 e. The highest BCUT2D eigenvalue weighted by Gasteiger charge is 2.23. The van der Waals surface area contributed by atoms with Gasteiger partial charge in [-0.15, -0.1) is 10.2 Å². The van der Waals surface area contributed by atoms with E-state index in [-0.39, 0.29) is 0 Å². The lowest BCUT2D eigenvalue weighted by Gasteiger charge is -2.32. The lowest BCUT2D eigenvalue weighted by molar-refractivity contribution is 0.181. The van der Waals surface area contributed by atoms with Gasteiger partial charge in [0.2, 0.25) is 15.2 Å². The quantitative estimate of drug-likeness (QED) is 0.819. The predicted molar refractivity (Wildman–Crippen MR) is 80.4 cm³/mol. The fraction of sp³-hybridized carbons (Fsp3) is 0.818. The molecule has 1 fully saturated rings. The first-order valence-electron chi connectivity index (χ1n) is 6.72. The van der Waals surface area contributed by atoms with Gasteiger partial charge < -0.3 is 5.32 Å². The van der Waals surface area contributed by atoms with Crippen molar-refractivity contribution in [1.82, 2.24) is 19.4 Å². The molecule has 0 aromatic carbocycles. The largest absolute Gasteiger partial charge is 0.360 e. The summed E-state index contributed by atoms with van der Waals surface area (Å²) in [7, 11) is -3.06. The summed E-state index contributed by atoms with van der Waals surface area (Å²) in [6.45, 7) is 6.34. The topological polar surface area (TPSA) is 78.4 Å². The van der Waals surface area contributed by atoms with E-state index in [4.69, 9.17) is 0 Å². The van der Waals surface area contributed by atoms with Crippen LogP contribution in [0.2, 0.25) is 0 Å². The minimum atomic E-state index is -3.06. The molecule has 1 aromatic heterocycles. The van der Waals surface area contributed by atoms with Gasteiger partial charge in [0, 0.05) is 32.7 Å². The van der Waals surface area contributed by atoms with Gasteiger partial charge >= 0.3 is 0 Å². The number of anilines is 1. The summed E-state index contributed by atoms with van der Waals surface area (Å²) in [5.41, 5.74) is 0. The Morgan fingerprint density at radius 3 is 2.55 bits per heavy atom. The van der Waals surface area contributed by atoms with Gasteiger partial charge in [0.1, 0.15) is 5.01 Å². The summed E-state index contributed by atoms with van der Waals surface area (Å²) in [6, 6.07) is 0. The van der Waals surface area contributed by atoms with Crippen molar-refractivity contribution in [1.29, 1.82) is 0 Å². The summed E-state index contributed by atoms with van der Waals surface area (Å²) < 4.78 is 24.4. The molecule has 0 bridgehead atoms. The highest BCUT2D eigenvalue weighted by atomic mass is 32.2. The second-order valence-corrected chi connectivity index (χ2v) is 7.91. The van der Waals surface area contributed by atoms with E-state index >= 15 is 0 Å². The van der Waals surface area contributed by atoms with Gasteiger partial charge in [0.25, 0.3) is 0 Å². The highest BCUT2D eigenvalue weighted by Crippen LogP contribution is 2.18. The van der Waals surface area contributed by atoms with Crippen LogP contribution >= 0.6 is 11.3 Å². The number of hydrogen-bond donors (Lipinski definition) is 1. The SMILES string of the molecule is CCCNc1nnc(CN2CCN(S(C)(=O)=O)CC2)s1. The zero-order valence-corrected chi connectivity index (χ0v) is 13.5. The van der Waals surface area contributed by atoms with E-state index < -0.39 is 10.0 Å². The van der Waals surface area contributed by atoms with Crippen molar-refractivity contribution < 1.29 is 8.42 Å². The van der Waals surface area contributed by atoms with Crippen molar-refractivity contribution in [3.8, 4) is 0 Å². The molecule has 1 aliphatic rings. The highest BCUT2D eigenvalue weighted by molar-refractivity contribution is 7.88. The van der Waals surface area contributed by atoms with E-state index in [9.17, 15) is 8.42 Å². The molecule has 0 saturated carbocycles. The van der Waals surface area contributed by atoms with Crippen LogP contribution in [0.25, 0.3) is 0 Å². The van der Waals surface area contributed by atoms with E-state index in [0.29, 0.717) is 13.1 Å². The Balaban J connectivity index is 1.82. The molecule has 9 heteroatoms. The Labute approximate surface area is 124 Å². The van der Waals surface area contributed by atoms with E-state index in [1.807, 2.05) is 0 Å². The molecule has 2 heterocycles. The second-order valence-electron chi connectivity index (χ2n) is 4.87. The molecule has 114 valence electrons. The molecule has 1 aromatic rings. The van der Waals surface area contributed by atoms with Crippen LogP contribution in [-0.4, -0.2) is 66.8 Å². The Hall–Kier alpha value is -0.770. The summed E-state index contributed by atoms with van der Waals surface area (Å²) in [6.07, 6.45) is 2.32. The first kappa shape index (κ1) is 15.6. The Bertz CT molecular complexity index is 523. The zero-order valence-electron chi connectivity index (χ0n) is 11.9. The fourth-order valence-corrected chi connectivity index (χ4v) is 3.67. The first-order valence-corrected chi connectivity index (χ1v) is 9.39. The summed E-state index contributed by atoms with van der Waals surface area (Å²) in [5, 5.41) is 13.3. The maximum atomic E-state index is 11.4. The van der Waals surface area contributed by atoms with E-state index in [1.165, 1.54) is 10.6 Å². The molecule has 2 rings (SSSR count). The van der Waals surface area contributed by atoms with Gasteiger partial charge in [0.15, 0.2) is 0 Å². The summed E-state index contributed by atoms with van der Waals surface area (Å²) >= 11 is 1.57. The first-order chi connectivity index (χ1) is 9.49. The van der Waals surface area contributed by atoms with Crippen molar-refractivity contribution in [2.75, 3.05) is 44.3 Å². The number of sulfonamides is 1. The minimum Gasteiger partial charge on any atom is -0.360 e. The third-order valence-corrected chi connectivity index (χ3v) is 5.32. The van der Waals surface area contributed by atoms with Crippen LogP contribution in [0, 0.1) is 0 Å². The minimum absolute atomic E-state index is 0.554. The number of nitrogens with one attached hydrogen (secondary N) is 1. The number of hydrogen-bond acceptors (Lipinski definition) is 7. The molecule has 0 atom stereocenters. The predicted octanol–water partition coefficient (Wildman–Crippen LogP) is 0.437. The molecule has 0 unspecified atom stereocenters. The van der Waals surface area contributed by atoms with Crippen LogP contribution in [0.15, 0.2) is 0 Å². The van der Waals surface area contributed by atoms with Gasteiger partial charge in [-0.05, 0) is 6.42 Å². The van der Waals surface area contributed by atoms with Crippen molar-refractivity contribution in [3.05, 3.63) is 5.01 Å². The molecular formula is C11H21N5O2S2. The fourth-order valence-electron chi connectivity index (χ4n) is 2.03. The number of nitrogens with zero attached hydrogens (tertiary/aromatic N) is 4. The van der Waals surface area contributed by atoms with Crippen LogP contribution in [0.5, 0.6) is 0 Å². The van der Waals surface area contributed by atoms with Gasteiger partial charge in [0.05, 0.1) is 12.8 Å². The Morgan fingerprint density at radius 1 is 1.25 bits per heavy atom. The Morgan fingerprint density at radius 2 is 1.95 bits per heavy atom. The van der Waals surface area contributed by atoms with Crippen molar-refractivity contribution in [2.24, 2.45) is 0 Å². The normalized spacial score (nSPS) is 18.3. The lowest BCUT2D eigenvalue weighted by atomic mass is 10.3. The molecule has 0 spiro atoms. The summed E-state index contributed by atoms with van der Waals surface area (Å²) in [4.78, 5) is 2.21. The molecule has 7 nitrogen and oxygen atoms in total. The molecule has 1 aliphatic heterocycles. The monoisotopic (exact) mass is 319 g/mol. The standard InChI is InChI=1S/C11H21N5O2S2/c1-3-4-12-11-14-13-10(19-11)9-15-5-7-16(8-6-15)20(2,17)18/h3-9H2,1-2H3,(H,12,14). The average molecular weight is 319 g/mol. The van der Waals surface area contributed by atoms with Crippen molar-refractivity contribution in [2.45, 2.75) is 19.9 Å². The van der Waals surface area contributed by atoms with Gasteiger partial charge in [-0.25, -0.2) is 8.42 Å². The molecular weight excluding hydrogens is 298 g/mol. The van der Waals surface area contributed by atoms with Gasteiger partial charge in [-0.3, -0.25) is 4.90 Å². The summed E-state index contributed by atoms with van der Waals surface area (Å²) in [5.74, 6) is 0. The van der Waals surface area contributed by atoms with E-state index in [0.717, 1.165) is 42.7 Å². The third-order valence-electron chi connectivity index (χ3n) is 3.15. The van der Waals surface area contributed by atoms with Crippen molar-refractivity contribution in [3.63, 3.8) is 0 Å². The third kappa shape index (κ3) is 4.37. The van der Waals surface area contributed by atoms with Gasteiger partial charge in [-0.1, -0.05) is 18.3 Å². The number of piperazine rings is 1. The van der Waals surface area contributed by atoms with Crippen LogP contribution in [0.3, 0.4) is 0 Å². The number of aromatic nitrogens is 2. The number of rotatable bonds is 6. The molecule has 0 radical (unpaired) electrons. The molecule has 1 saturated heterocycles. The zero-order chi connectivity index (χ0) is 14.6. The lowest BCUT2D eigenvalue weighted by Crippen LogP contribution is -2.47. The molecule has 0 amide bonds. The van der Waals surface area contributed by atoms with Crippen LogP contribution in [-0.2, 0) is 16.6 Å². The van der Waals surface area contributed by atoms with Crippen LogP contribution in [0.4, 0.5) is 5.13 Å². The van der Waals surface area contributed by atoms with E-state index in [2.05, 4.69) is 27.3 Å². The molecule has 20 heavy (non-hydrogen) atoms. The van der Waals surface area contributed by atoms with Crippen molar-refractivity contribution >= 4 is 26.5 Å². The average Bonchev–Trinajstić information content (AvgIpc) is 2.83. The van der Waals surface area contributed by atoms with E-state index in [1.54, 1.807) is 11.3 Å². The van der Waals surface area contributed by atoms with Crippen LogP contribution in [0.1, 0.15) is 18.4 Å². The van der Waals surface area contributed by atoms with Crippen LogP contribution < -0.4 is 5.32 Å². The Kier molecular flexibility index (Phi) is 5.30. The maximum absolute atomic E-state index is 11.4. The maximum Gasteiger partial charge on any atom is 0.211 e. The molecule has 1 N–H and O–H groups in total.